The highest BCUT2D eigenvalue weighted by Crippen LogP contribution is 2.35. The van der Waals surface area contributed by atoms with Crippen LogP contribution in [0.2, 0.25) is 0 Å². The van der Waals surface area contributed by atoms with Gasteiger partial charge >= 0.3 is 0 Å². The third-order valence-electron chi connectivity index (χ3n) is 11.6. The third kappa shape index (κ3) is 6.92. The summed E-state index contributed by atoms with van der Waals surface area (Å²) in [6.45, 7) is 6.51. The molecule has 1 atom stereocenters. The van der Waals surface area contributed by atoms with E-state index < -0.39 is 0 Å². The number of benzene rings is 4. The van der Waals surface area contributed by atoms with Gasteiger partial charge in [-0.3, -0.25) is 19.4 Å². The molecule has 282 valence electrons. The number of halogens is 1. The van der Waals surface area contributed by atoms with Crippen molar-refractivity contribution < 1.29 is 19.4 Å². The van der Waals surface area contributed by atoms with Gasteiger partial charge in [-0.05, 0) is 122 Å². The summed E-state index contributed by atoms with van der Waals surface area (Å²) in [6.07, 6.45) is 7.69. The zero-order chi connectivity index (χ0) is 36.9. The van der Waals surface area contributed by atoms with Crippen LogP contribution in [-0.2, 0) is 37.6 Å². The average molecular weight is 756 g/mol. The molecule has 0 bridgehead atoms. The standard InChI is InChI=1S/C45H45N5O4.ClH/c1-30-22-36(44(52)50(37-10-13-40(51)14-11-37)38-12-15-42-34(24-38)16-17-46(42)2)28-48(30)43-26-33-9-5-8-32(33)25-41(43)45(53)49-27-35-7-4-3-6-31(35)23-39(49)29-47-18-20-54-21-19-47;/h3-4,6-7,10-17,22,24-26,28,39,51H,5,8-9,18-21,23,27,29H2,1-2H3;1H/t39-;/m0./s1. The summed E-state index contributed by atoms with van der Waals surface area (Å²) >= 11 is 0. The highest BCUT2D eigenvalue weighted by atomic mass is 35.5. The number of morpholine rings is 1. The van der Waals surface area contributed by atoms with Gasteiger partial charge < -0.3 is 23.9 Å². The molecule has 2 aromatic heterocycles. The van der Waals surface area contributed by atoms with E-state index in [2.05, 4.69) is 50.8 Å². The Balaban J connectivity index is 0.00000427. The van der Waals surface area contributed by atoms with Crippen LogP contribution in [0.5, 0.6) is 5.75 Å². The van der Waals surface area contributed by atoms with Crippen LogP contribution in [0.1, 0.15) is 55.1 Å². The molecule has 4 heterocycles. The minimum absolute atomic E-state index is 0. The quantitative estimate of drug-likeness (QED) is 0.180. The first kappa shape index (κ1) is 36.6. The molecule has 1 fully saturated rings. The number of phenols is 1. The van der Waals surface area contributed by atoms with E-state index >= 15 is 4.79 Å². The number of ether oxygens (including phenoxy) is 1. The Morgan fingerprint density at radius 1 is 0.855 bits per heavy atom. The molecule has 55 heavy (non-hydrogen) atoms. The SMILES string of the molecule is Cc1cc(C(=O)N(c2ccc(O)cc2)c2ccc3c(ccn3C)c2)cn1-c1cc2c(cc1C(=O)N1Cc3ccccc3C[C@H]1CN1CCOCC1)CCC2.Cl. The predicted octanol–water partition coefficient (Wildman–Crippen LogP) is 7.77. The number of fused-ring (bicyclic) bond motifs is 3. The second kappa shape index (κ2) is 15.1. The van der Waals surface area contributed by atoms with Crippen LogP contribution in [0, 0.1) is 6.92 Å². The number of phenolic OH excluding ortho intramolecular Hbond substituents is 1. The Morgan fingerprint density at radius 2 is 1.58 bits per heavy atom. The van der Waals surface area contributed by atoms with Gasteiger partial charge in [-0.15, -0.1) is 12.4 Å². The average Bonchev–Trinajstić information content (AvgIpc) is 3.93. The van der Waals surface area contributed by atoms with E-state index in [1.165, 1.54) is 22.3 Å². The first-order chi connectivity index (χ1) is 26.3. The summed E-state index contributed by atoms with van der Waals surface area (Å²) in [5.74, 6) is -0.0507. The minimum Gasteiger partial charge on any atom is -0.508 e. The zero-order valence-electron chi connectivity index (χ0n) is 31.3. The number of aryl methyl sites for hydroxylation is 4. The van der Waals surface area contributed by atoms with Gasteiger partial charge in [0, 0.05) is 79.6 Å². The number of hydrogen-bond acceptors (Lipinski definition) is 5. The molecule has 2 aliphatic heterocycles. The van der Waals surface area contributed by atoms with Crippen molar-refractivity contribution in [3.63, 3.8) is 0 Å². The summed E-state index contributed by atoms with van der Waals surface area (Å²) in [7, 11) is 2.00. The van der Waals surface area contributed by atoms with Gasteiger partial charge in [0.15, 0.2) is 0 Å². The van der Waals surface area contributed by atoms with E-state index in [4.69, 9.17) is 4.74 Å². The van der Waals surface area contributed by atoms with Crippen LogP contribution in [0.15, 0.2) is 103 Å². The summed E-state index contributed by atoms with van der Waals surface area (Å²) in [5, 5.41) is 11.1. The third-order valence-corrected chi connectivity index (χ3v) is 11.6. The predicted molar refractivity (Wildman–Crippen MR) is 218 cm³/mol. The van der Waals surface area contributed by atoms with Gasteiger partial charge in [-0.2, -0.15) is 0 Å². The molecular weight excluding hydrogens is 710 g/mol. The molecule has 9 rings (SSSR count). The van der Waals surface area contributed by atoms with Crippen molar-refractivity contribution in [3.05, 3.63) is 142 Å². The van der Waals surface area contributed by atoms with Crippen LogP contribution in [0.4, 0.5) is 11.4 Å². The molecule has 0 spiro atoms. The monoisotopic (exact) mass is 755 g/mol. The number of anilines is 2. The topological polar surface area (TPSA) is 83.2 Å². The maximum atomic E-state index is 15.1. The molecule has 2 amide bonds. The van der Waals surface area contributed by atoms with Crippen LogP contribution in [0.3, 0.4) is 0 Å². The zero-order valence-corrected chi connectivity index (χ0v) is 32.1. The van der Waals surface area contributed by atoms with Crippen molar-refractivity contribution in [2.24, 2.45) is 7.05 Å². The molecule has 6 aromatic rings. The van der Waals surface area contributed by atoms with Crippen LogP contribution >= 0.6 is 12.4 Å². The Hall–Kier alpha value is -5.35. The lowest BCUT2D eigenvalue weighted by atomic mass is 9.92. The van der Waals surface area contributed by atoms with E-state index in [0.29, 0.717) is 36.6 Å². The number of nitrogens with zero attached hydrogens (tertiary/aromatic N) is 5. The molecule has 1 aliphatic carbocycles. The Labute approximate surface area is 327 Å². The van der Waals surface area contributed by atoms with Crippen molar-refractivity contribution in [1.29, 1.82) is 0 Å². The molecule has 1 N–H and O–H groups in total. The van der Waals surface area contributed by atoms with Crippen LogP contribution in [0.25, 0.3) is 16.6 Å². The van der Waals surface area contributed by atoms with Gasteiger partial charge in [0.1, 0.15) is 5.75 Å². The van der Waals surface area contributed by atoms with Crippen LogP contribution in [-0.4, -0.2) is 74.7 Å². The van der Waals surface area contributed by atoms with Gasteiger partial charge in [0.25, 0.3) is 11.8 Å². The molecule has 3 aliphatic rings. The maximum Gasteiger partial charge on any atom is 0.264 e. The molecule has 0 saturated carbocycles. The van der Waals surface area contributed by atoms with Crippen LogP contribution < -0.4 is 4.90 Å². The summed E-state index contributed by atoms with van der Waals surface area (Å²) in [6, 6.07) is 29.5. The highest BCUT2D eigenvalue weighted by molar-refractivity contribution is 6.12. The number of amides is 2. The Morgan fingerprint density at radius 3 is 2.36 bits per heavy atom. The summed E-state index contributed by atoms with van der Waals surface area (Å²) in [4.78, 5) is 36.0. The molecule has 1 saturated heterocycles. The van der Waals surface area contributed by atoms with Crippen molar-refractivity contribution in [2.45, 2.75) is 45.2 Å². The molecule has 9 nitrogen and oxygen atoms in total. The minimum atomic E-state index is -0.204. The van der Waals surface area contributed by atoms with Gasteiger partial charge in [-0.25, -0.2) is 0 Å². The van der Waals surface area contributed by atoms with E-state index in [1.54, 1.807) is 29.2 Å². The van der Waals surface area contributed by atoms with Gasteiger partial charge in [0.05, 0.1) is 30.0 Å². The maximum absolute atomic E-state index is 15.1. The molecular formula is C45H46ClN5O4. The molecule has 4 aromatic carbocycles. The number of rotatable bonds is 7. The normalized spacial score (nSPS) is 16.8. The van der Waals surface area contributed by atoms with Crippen molar-refractivity contribution in [3.8, 4) is 11.4 Å². The van der Waals surface area contributed by atoms with E-state index in [-0.39, 0.29) is 36.0 Å². The number of aromatic nitrogens is 2. The lowest BCUT2D eigenvalue weighted by molar-refractivity contribution is 0.0193. The second-order valence-electron chi connectivity index (χ2n) is 15.0. The molecule has 10 heteroatoms. The first-order valence-electron chi connectivity index (χ1n) is 19.0. The van der Waals surface area contributed by atoms with Crippen molar-refractivity contribution in [1.82, 2.24) is 18.9 Å². The fourth-order valence-electron chi connectivity index (χ4n) is 8.68. The van der Waals surface area contributed by atoms with Gasteiger partial charge in [0.2, 0.25) is 0 Å². The summed E-state index contributed by atoms with van der Waals surface area (Å²) in [5.41, 5.74) is 10.3. The van der Waals surface area contributed by atoms with E-state index in [0.717, 1.165) is 73.3 Å². The number of hydrogen-bond donors (Lipinski definition) is 1. The summed E-state index contributed by atoms with van der Waals surface area (Å²) < 4.78 is 9.74. The second-order valence-corrected chi connectivity index (χ2v) is 15.0. The van der Waals surface area contributed by atoms with Gasteiger partial charge in [-0.1, -0.05) is 24.3 Å². The molecule has 0 radical (unpaired) electrons. The number of carbonyl (C=O) groups is 2. The number of carbonyl (C=O) groups excluding carboxylic acids is 2. The molecule has 0 unspecified atom stereocenters. The fourth-order valence-corrected chi connectivity index (χ4v) is 8.68. The van der Waals surface area contributed by atoms with E-state index in [9.17, 15) is 9.90 Å². The van der Waals surface area contributed by atoms with Crippen molar-refractivity contribution >= 4 is 46.5 Å². The lowest BCUT2D eigenvalue weighted by Crippen LogP contribution is -2.52. The highest BCUT2D eigenvalue weighted by Gasteiger charge is 2.34. The smallest absolute Gasteiger partial charge is 0.264 e. The van der Waals surface area contributed by atoms with Crippen molar-refractivity contribution in [2.75, 3.05) is 37.7 Å². The largest absolute Gasteiger partial charge is 0.508 e. The fraction of sp³-hybridized carbons (Fsp3) is 0.289. The number of aromatic hydroxyl groups is 1. The Kier molecular flexibility index (Phi) is 10.0. The Bertz CT molecular complexity index is 2390. The van der Waals surface area contributed by atoms with E-state index in [1.807, 2.05) is 61.3 Å². The first-order valence-corrected chi connectivity index (χ1v) is 19.0. The lowest BCUT2D eigenvalue weighted by Gasteiger charge is -2.40.